The van der Waals surface area contributed by atoms with Gasteiger partial charge in [-0.2, -0.15) is 0 Å². The fourth-order valence-corrected chi connectivity index (χ4v) is 3.72. The van der Waals surface area contributed by atoms with E-state index in [4.69, 9.17) is 20.6 Å². The Hall–Kier alpha value is -3.87. The molecule has 2 aliphatic heterocycles. The van der Waals surface area contributed by atoms with Gasteiger partial charge in [-0.1, -0.05) is 6.07 Å². The Bertz CT molecular complexity index is 1150. The predicted molar refractivity (Wildman–Crippen MR) is 108 cm³/mol. The molecule has 7 nitrogen and oxygen atoms in total. The van der Waals surface area contributed by atoms with Crippen molar-refractivity contribution in [1.82, 2.24) is 0 Å². The lowest BCUT2D eigenvalue weighted by molar-refractivity contribution is 0.0224. The zero-order chi connectivity index (χ0) is 20.8. The molecule has 0 aliphatic carbocycles. The third-order valence-corrected chi connectivity index (χ3v) is 4.80. The SMILES string of the molecule is N=C=S.Nc1ccc2c(c1)C(=O)OC21c2ccc(O)cc2Oc2cc(O)ccc21. The predicted octanol–water partition coefficient (Wildman–Crippen LogP) is 3.92. The molecule has 8 heteroatoms. The van der Waals surface area contributed by atoms with Gasteiger partial charge in [-0.05, 0) is 48.6 Å². The summed E-state index contributed by atoms with van der Waals surface area (Å²) in [7, 11) is 0. The highest BCUT2D eigenvalue weighted by molar-refractivity contribution is 7.78. The number of hydrogen-bond acceptors (Lipinski definition) is 8. The molecule has 0 unspecified atom stereocenters. The van der Waals surface area contributed by atoms with Crippen molar-refractivity contribution in [2.24, 2.45) is 0 Å². The van der Waals surface area contributed by atoms with E-state index in [1.165, 1.54) is 24.3 Å². The number of anilines is 1. The summed E-state index contributed by atoms with van der Waals surface area (Å²) in [4.78, 5) is 12.6. The van der Waals surface area contributed by atoms with Crippen LogP contribution in [0.25, 0.3) is 0 Å². The van der Waals surface area contributed by atoms with Crippen molar-refractivity contribution in [3.8, 4) is 23.0 Å². The normalized spacial score (nSPS) is 14.3. The van der Waals surface area contributed by atoms with E-state index >= 15 is 0 Å². The smallest absolute Gasteiger partial charge is 0.340 e. The minimum Gasteiger partial charge on any atom is -0.508 e. The van der Waals surface area contributed by atoms with Crippen LogP contribution < -0.4 is 10.5 Å². The number of isothiocyanates is 1. The minimum atomic E-state index is -1.23. The largest absolute Gasteiger partial charge is 0.508 e. The van der Waals surface area contributed by atoms with E-state index in [1.807, 2.05) is 0 Å². The first-order chi connectivity index (χ1) is 13.9. The van der Waals surface area contributed by atoms with E-state index in [0.717, 1.165) is 0 Å². The number of rotatable bonds is 0. The van der Waals surface area contributed by atoms with Crippen LogP contribution in [0, 0.1) is 5.41 Å². The van der Waals surface area contributed by atoms with E-state index < -0.39 is 11.6 Å². The molecule has 2 heterocycles. The van der Waals surface area contributed by atoms with Crippen molar-refractivity contribution in [3.63, 3.8) is 0 Å². The summed E-state index contributed by atoms with van der Waals surface area (Å²) >= 11 is 3.81. The van der Waals surface area contributed by atoms with Gasteiger partial charge in [-0.25, -0.2) is 10.2 Å². The summed E-state index contributed by atoms with van der Waals surface area (Å²) in [5.41, 5.74) is 7.26. The van der Waals surface area contributed by atoms with Gasteiger partial charge in [-0.15, -0.1) is 0 Å². The molecule has 0 atom stereocenters. The first kappa shape index (κ1) is 18.5. The second-order valence-electron chi connectivity index (χ2n) is 6.44. The zero-order valence-corrected chi connectivity index (χ0v) is 15.6. The van der Waals surface area contributed by atoms with Gasteiger partial charge < -0.3 is 25.4 Å². The van der Waals surface area contributed by atoms with Crippen LogP contribution in [-0.2, 0) is 10.3 Å². The average molecular weight is 406 g/mol. The summed E-state index contributed by atoms with van der Waals surface area (Å²) in [5.74, 6) is 0.238. The number of aromatic hydroxyl groups is 2. The molecule has 3 aromatic carbocycles. The fraction of sp³-hybridized carbons (Fsp3) is 0.0476. The summed E-state index contributed by atoms with van der Waals surface area (Å²) in [5, 5.41) is 27.1. The van der Waals surface area contributed by atoms with Gasteiger partial charge in [-0.3, -0.25) is 0 Å². The lowest BCUT2D eigenvalue weighted by Gasteiger charge is -2.36. The van der Waals surface area contributed by atoms with Crippen LogP contribution in [0.3, 0.4) is 0 Å². The number of thiocarbonyl (C=S) groups is 1. The number of benzene rings is 3. The van der Waals surface area contributed by atoms with Crippen molar-refractivity contribution in [2.75, 3.05) is 5.73 Å². The molecule has 0 fully saturated rings. The Morgan fingerprint density at radius 3 is 2.00 bits per heavy atom. The molecule has 0 amide bonds. The molecular formula is C21H14N2O5S. The molecule has 3 aromatic rings. The molecule has 0 saturated heterocycles. The summed E-state index contributed by atoms with van der Waals surface area (Å²) in [6.45, 7) is 0. The molecular weight excluding hydrogens is 392 g/mol. The van der Waals surface area contributed by atoms with E-state index in [2.05, 4.69) is 12.2 Å². The molecule has 5 rings (SSSR count). The van der Waals surface area contributed by atoms with E-state index in [-0.39, 0.29) is 11.5 Å². The van der Waals surface area contributed by atoms with Gasteiger partial charge >= 0.3 is 5.97 Å². The van der Waals surface area contributed by atoms with Crippen LogP contribution in [0.1, 0.15) is 27.0 Å². The van der Waals surface area contributed by atoms with Gasteiger partial charge in [0.15, 0.2) is 5.60 Å². The number of carbonyl (C=O) groups is 1. The Labute approximate surface area is 170 Å². The summed E-state index contributed by atoms with van der Waals surface area (Å²) in [6, 6.07) is 14.3. The van der Waals surface area contributed by atoms with Crippen LogP contribution in [0.5, 0.6) is 23.0 Å². The topological polar surface area (TPSA) is 126 Å². The van der Waals surface area contributed by atoms with Gasteiger partial charge in [0.25, 0.3) is 0 Å². The van der Waals surface area contributed by atoms with Crippen LogP contribution in [0.15, 0.2) is 54.6 Å². The van der Waals surface area contributed by atoms with Crippen LogP contribution in [0.4, 0.5) is 5.69 Å². The lowest BCUT2D eigenvalue weighted by atomic mass is 9.77. The second kappa shape index (κ2) is 6.63. The number of nitrogen functional groups attached to an aromatic ring is 1. The Balaban J connectivity index is 0.000000645. The Kier molecular flexibility index (Phi) is 4.23. The van der Waals surface area contributed by atoms with Crippen molar-refractivity contribution >= 4 is 29.0 Å². The Morgan fingerprint density at radius 1 is 0.931 bits per heavy atom. The fourth-order valence-electron chi connectivity index (χ4n) is 3.72. The summed E-state index contributed by atoms with van der Waals surface area (Å²) < 4.78 is 11.8. The highest BCUT2D eigenvalue weighted by atomic mass is 32.1. The van der Waals surface area contributed by atoms with Gasteiger partial charge in [0.05, 0.1) is 10.7 Å². The van der Waals surface area contributed by atoms with Gasteiger partial charge in [0.1, 0.15) is 23.0 Å². The molecule has 0 aromatic heterocycles. The monoisotopic (exact) mass is 406 g/mol. The van der Waals surface area contributed by atoms with Gasteiger partial charge in [0.2, 0.25) is 0 Å². The summed E-state index contributed by atoms with van der Waals surface area (Å²) in [6.07, 6.45) is 0. The maximum atomic E-state index is 12.6. The number of carbonyl (C=O) groups excluding carboxylic acids is 1. The van der Waals surface area contributed by atoms with Crippen molar-refractivity contribution in [2.45, 2.75) is 5.60 Å². The number of nitrogens with one attached hydrogen (secondary N) is 1. The van der Waals surface area contributed by atoms with Crippen molar-refractivity contribution in [1.29, 1.82) is 5.41 Å². The van der Waals surface area contributed by atoms with Gasteiger partial charge in [0, 0.05) is 34.5 Å². The molecule has 0 radical (unpaired) electrons. The molecule has 1 spiro atoms. The van der Waals surface area contributed by atoms with Crippen LogP contribution >= 0.6 is 12.2 Å². The van der Waals surface area contributed by atoms with E-state index in [1.54, 1.807) is 35.5 Å². The molecule has 144 valence electrons. The van der Waals surface area contributed by atoms with Crippen molar-refractivity contribution in [3.05, 3.63) is 76.9 Å². The third-order valence-electron chi connectivity index (χ3n) is 4.80. The maximum Gasteiger partial charge on any atom is 0.340 e. The number of nitrogens with two attached hydrogens (primary N) is 1. The quantitative estimate of drug-likeness (QED) is 0.193. The number of hydrogen-bond donors (Lipinski definition) is 4. The molecule has 0 saturated carbocycles. The number of fused-ring (bicyclic) bond motifs is 6. The zero-order valence-electron chi connectivity index (χ0n) is 14.8. The third kappa shape index (κ3) is 2.70. The maximum absolute atomic E-state index is 12.6. The van der Waals surface area contributed by atoms with Crippen LogP contribution in [-0.4, -0.2) is 21.3 Å². The lowest BCUT2D eigenvalue weighted by Crippen LogP contribution is -2.32. The number of ether oxygens (including phenoxy) is 2. The average Bonchev–Trinajstić information content (AvgIpc) is 2.94. The highest BCUT2D eigenvalue weighted by Crippen LogP contribution is 2.57. The van der Waals surface area contributed by atoms with Crippen LogP contribution in [0.2, 0.25) is 0 Å². The number of esters is 1. The Morgan fingerprint density at radius 2 is 1.45 bits per heavy atom. The first-order valence-corrected chi connectivity index (χ1v) is 8.83. The standard InChI is InChI=1S/C20H13NO5.CHNS/c21-10-1-4-14-13(7-10)19(24)26-20(14)15-5-2-11(22)8-17(15)25-18-9-12(23)3-6-16(18)20;2-1-3/h1-9,22-23H,21H2;2H. The van der Waals surface area contributed by atoms with E-state index in [0.29, 0.717) is 39.4 Å². The molecule has 2 aliphatic rings. The number of phenolic OH excluding ortho intramolecular Hbond substituents is 2. The van der Waals surface area contributed by atoms with Crippen molar-refractivity contribution < 1.29 is 24.5 Å². The second-order valence-corrected chi connectivity index (χ2v) is 6.64. The molecule has 29 heavy (non-hydrogen) atoms. The molecule has 5 N–H and O–H groups in total. The highest BCUT2D eigenvalue weighted by Gasteiger charge is 2.53. The minimum absolute atomic E-state index is 0.0179. The molecule has 0 bridgehead atoms. The number of phenols is 2. The van der Waals surface area contributed by atoms with E-state index in [9.17, 15) is 15.0 Å². The first-order valence-electron chi connectivity index (χ1n) is 8.42.